The monoisotopic (exact) mass is 298 g/mol. The lowest BCUT2D eigenvalue weighted by Crippen LogP contribution is -2.30. The van der Waals surface area contributed by atoms with Crippen molar-refractivity contribution >= 4 is 21.6 Å². The second kappa shape index (κ2) is 6.74. The van der Waals surface area contributed by atoms with Gasteiger partial charge in [0.05, 0.1) is 11.4 Å². The summed E-state index contributed by atoms with van der Waals surface area (Å²) in [4.78, 5) is 13.9. The number of rotatable bonds is 6. The summed E-state index contributed by atoms with van der Waals surface area (Å²) in [5.41, 5.74) is 1.13. The Kier molecular flexibility index (Phi) is 5.56. The van der Waals surface area contributed by atoms with Crippen LogP contribution in [-0.4, -0.2) is 45.1 Å². The molecule has 112 valence electrons. The molecule has 0 N–H and O–H groups in total. The van der Waals surface area contributed by atoms with Gasteiger partial charge in [0.2, 0.25) is 10.0 Å². The molecule has 0 aromatic heterocycles. The van der Waals surface area contributed by atoms with Gasteiger partial charge in [-0.05, 0) is 45.0 Å². The Bertz CT molecular complexity index is 548. The minimum atomic E-state index is -3.27. The van der Waals surface area contributed by atoms with Crippen LogP contribution in [0.1, 0.15) is 31.1 Å². The van der Waals surface area contributed by atoms with Crippen molar-refractivity contribution in [2.45, 2.75) is 20.8 Å². The molecule has 5 nitrogen and oxygen atoms in total. The Hall–Kier alpha value is -1.56. The predicted octanol–water partition coefficient (Wildman–Crippen LogP) is 1.95. The van der Waals surface area contributed by atoms with E-state index >= 15 is 0 Å². The van der Waals surface area contributed by atoms with E-state index in [1.165, 1.54) is 11.4 Å². The van der Waals surface area contributed by atoms with Crippen LogP contribution in [0.3, 0.4) is 0 Å². The van der Waals surface area contributed by atoms with Crippen LogP contribution in [0, 0.1) is 0 Å². The van der Waals surface area contributed by atoms with Gasteiger partial charge < -0.3 is 4.90 Å². The molecule has 0 radical (unpaired) electrons. The number of hydrogen-bond donors (Lipinski definition) is 0. The number of benzene rings is 1. The molecular formula is C14H22N2O3S. The summed E-state index contributed by atoms with van der Waals surface area (Å²) in [7, 11) is -1.76. The van der Waals surface area contributed by atoms with E-state index in [0.29, 0.717) is 24.3 Å². The molecule has 0 bridgehead atoms. The molecule has 0 aliphatic rings. The molecule has 1 aromatic rings. The van der Waals surface area contributed by atoms with Gasteiger partial charge in [-0.25, -0.2) is 8.42 Å². The third-order valence-corrected chi connectivity index (χ3v) is 5.09. The molecule has 1 aromatic carbocycles. The first-order valence-corrected chi connectivity index (χ1v) is 8.34. The lowest BCUT2D eigenvalue weighted by molar-refractivity contribution is 0.0773. The Labute approximate surface area is 121 Å². The van der Waals surface area contributed by atoms with E-state index in [1.54, 1.807) is 36.1 Å². The Balaban J connectivity index is 2.98. The van der Waals surface area contributed by atoms with Crippen molar-refractivity contribution < 1.29 is 13.2 Å². The topological polar surface area (TPSA) is 57.7 Å². The van der Waals surface area contributed by atoms with Crippen molar-refractivity contribution in [3.63, 3.8) is 0 Å². The number of carbonyl (C=O) groups excluding carboxylic acids is 1. The molecule has 1 amide bonds. The lowest BCUT2D eigenvalue weighted by Gasteiger charge is -2.20. The van der Waals surface area contributed by atoms with E-state index in [4.69, 9.17) is 0 Å². The number of carbonyl (C=O) groups is 1. The highest BCUT2D eigenvalue weighted by Crippen LogP contribution is 2.18. The van der Waals surface area contributed by atoms with Gasteiger partial charge in [-0.1, -0.05) is 0 Å². The molecule has 0 saturated carbocycles. The first-order chi connectivity index (χ1) is 9.37. The highest BCUT2D eigenvalue weighted by atomic mass is 32.2. The minimum absolute atomic E-state index is 0.0393. The van der Waals surface area contributed by atoms with Gasteiger partial charge in [0, 0.05) is 25.7 Å². The van der Waals surface area contributed by atoms with Crippen molar-refractivity contribution in [3.8, 4) is 0 Å². The summed E-state index contributed by atoms with van der Waals surface area (Å²) < 4.78 is 24.8. The van der Waals surface area contributed by atoms with Crippen molar-refractivity contribution in [1.29, 1.82) is 0 Å². The highest BCUT2D eigenvalue weighted by Gasteiger charge is 2.17. The molecule has 20 heavy (non-hydrogen) atoms. The number of sulfonamides is 1. The lowest BCUT2D eigenvalue weighted by atomic mass is 10.2. The summed E-state index contributed by atoms with van der Waals surface area (Å²) in [5.74, 6) is 0.00596. The van der Waals surface area contributed by atoms with Crippen LogP contribution >= 0.6 is 0 Å². The Morgan fingerprint density at radius 1 is 1.05 bits per heavy atom. The fraction of sp³-hybridized carbons (Fsp3) is 0.500. The quantitative estimate of drug-likeness (QED) is 0.806. The van der Waals surface area contributed by atoms with Crippen molar-refractivity contribution in [3.05, 3.63) is 29.8 Å². The standard InChI is InChI=1S/C14H22N2O3S/c1-5-16(6-2)14(17)12-8-10-13(11-9-12)15(4)20(18,19)7-3/h8-11H,5-7H2,1-4H3. The van der Waals surface area contributed by atoms with Crippen molar-refractivity contribution in [2.75, 3.05) is 30.2 Å². The maximum absolute atomic E-state index is 12.1. The Morgan fingerprint density at radius 3 is 1.95 bits per heavy atom. The first kappa shape index (κ1) is 16.5. The van der Waals surface area contributed by atoms with Gasteiger partial charge >= 0.3 is 0 Å². The SMILES string of the molecule is CCN(CC)C(=O)c1ccc(N(C)S(=O)(=O)CC)cc1. The summed E-state index contributed by atoms with van der Waals surface area (Å²) in [6, 6.07) is 6.64. The third-order valence-electron chi connectivity index (χ3n) is 3.31. The van der Waals surface area contributed by atoms with Crippen LogP contribution in [-0.2, 0) is 10.0 Å². The first-order valence-electron chi connectivity index (χ1n) is 6.73. The zero-order chi connectivity index (χ0) is 15.3. The average Bonchev–Trinajstić information content (AvgIpc) is 2.47. The number of hydrogen-bond acceptors (Lipinski definition) is 3. The van der Waals surface area contributed by atoms with E-state index in [1.807, 2.05) is 13.8 Å². The van der Waals surface area contributed by atoms with Crippen LogP contribution in [0.4, 0.5) is 5.69 Å². The predicted molar refractivity (Wildman–Crippen MR) is 81.6 cm³/mol. The van der Waals surface area contributed by atoms with Gasteiger partial charge in [0.25, 0.3) is 5.91 Å². The maximum atomic E-state index is 12.1. The number of anilines is 1. The molecule has 6 heteroatoms. The van der Waals surface area contributed by atoms with Crippen LogP contribution in [0.25, 0.3) is 0 Å². The van der Waals surface area contributed by atoms with Crippen LogP contribution < -0.4 is 4.31 Å². The van der Waals surface area contributed by atoms with E-state index in [0.717, 1.165) is 0 Å². The minimum Gasteiger partial charge on any atom is -0.339 e. The molecule has 0 aliphatic heterocycles. The summed E-state index contributed by atoms with van der Waals surface area (Å²) in [6.45, 7) is 6.77. The number of amides is 1. The fourth-order valence-electron chi connectivity index (χ4n) is 1.86. The second-order valence-electron chi connectivity index (χ2n) is 4.39. The van der Waals surface area contributed by atoms with Gasteiger partial charge in [0.1, 0.15) is 0 Å². The molecule has 0 atom stereocenters. The molecule has 0 unspecified atom stereocenters. The van der Waals surface area contributed by atoms with E-state index < -0.39 is 10.0 Å². The highest BCUT2D eigenvalue weighted by molar-refractivity contribution is 7.92. The molecule has 0 spiro atoms. The van der Waals surface area contributed by atoms with Gasteiger partial charge in [-0.15, -0.1) is 0 Å². The van der Waals surface area contributed by atoms with Crippen LogP contribution in [0.2, 0.25) is 0 Å². The summed E-state index contributed by atoms with van der Waals surface area (Å²) >= 11 is 0. The van der Waals surface area contributed by atoms with Gasteiger partial charge in [-0.2, -0.15) is 0 Å². The van der Waals surface area contributed by atoms with Crippen LogP contribution in [0.15, 0.2) is 24.3 Å². The molecule has 0 aliphatic carbocycles. The smallest absolute Gasteiger partial charge is 0.253 e. The molecule has 1 rings (SSSR count). The van der Waals surface area contributed by atoms with E-state index in [-0.39, 0.29) is 11.7 Å². The van der Waals surface area contributed by atoms with E-state index in [9.17, 15) is 13.2 Å². The Morgan fingerprint density at radius 2 is 1.55 bits per heavy atom. The zero-order valence-electron chi connectivity index (χ0n) is 12.5. The molecule has 0 fully saturated rings. The maximum Gasteiger partial charge on any atom is 0.253 e. The fourth-order valence-corrected chi connectivity index (χ4v) is 2.69. The average molecular weight is 298 g/mol. The van der Waals surface area contributed by atoms with Crippen molar-refractivity contribution in [1.82, 2.24) is 4.90 Å². The van der Waals surface area contributed by atoms with Crippen molar-refractivity contribution in [2.24, 2.45) is 0 Å². The molecule has 0 saturated heterocycles. The molecule has 0 heterocycles. The van der Waals surface area contributed by atoms with Crippen LogP contribution in [0.5, 0.6) is 0 Å². The second-order valence-corrected chi connectivity index (χ2v) is 6.68. The zero-order valence-corrected chi connectivity index (χ0v) is 13.3. The molecular weight excluding hydrogens is 276 g/mol. The third kappa shape index (κ3) is 3.50. The van der Waals surface area contributed by atoms with E-state index in [2.05, 4.69) is 0 Å². The van der Waals surface area contributed by atoms with Gasteiger partial charge in [-0.3, -0.25) is 9.10 Å². The largest absolute Gasteiger partial charge is 0.339 e. The normalized spacial score (nSPS) is 11.2. The van der Waals surface area contributed by atoms with Gasteiger partial charge in [0.15, 0.2) is 0 Å². The summed E-state index contributed by atoms with van der Waals surface area (Å²) in [6.07, 6.45) is 0. The number of nitrogens with zero attached hydrogens (tertiary/aromatic N) is 2. The summed E-state index contributed by atoms with van der Waals surface area (Å²) in [5, 5.41) is 0.